The maximum Gasteiger partial charge on any atom is 0.274 e. The average molecular weight is 317 g/mol. The van der Waals surface area contributed by atoms with E-state index in [0.29, 0.717) is 0 Å². The van der Waals surface area contributed by atoms with Crippen molar-refractivity contribution in [2.45, 2.75) is 13.8 Å². The van der Waals surface area contributed by atoms with Crippen LogP contribution in [0.25, 0.3) is 0 Å². The number of aromatic nitrogens is 3. The summed E-state index contributed by atoms with van der Waals surface area (Å²) < 4.78 is 0. The number of aliphatic hydroxyl groups excluding tert-OH is 1. The molecule has 0 aliphatic heterocycles. The lowest BCUT2D eigenvalue weighted by Crippen LogP contribution is -2.36. The molecule has 2 aromatic rings. The molecule has 0 fully saturated rings. The van der Waals surface area contributed by atoms with Gasteiger partial charge in [-0.15, -0.1) is 0 Å². The van der Waals surface area contributed by atoms with Crippen molar-refractivity contribution in [3.8, 4) is 0 Å². The van der Waals surface area contributed by atoms with Gasteiger partial charge in [0, 0.05) is 24.8 Å². The minimum Gasteiger partial charge on any atom is -0.396 e. The van der Waals surface area contributed by atoms with Gasteiger partial charge in [-0.05, 0) is 12.1 Å². The summed E-state index contributed by atoms with van der Waals surface area (Å²) in [6.07, 6.45) is 2.86. The van der Waals surface area contributed by atoms with Gasteiger partial charge < -0.3 is 15.7 Å². The normalized spacial score (nSPS) is 11.1. The summed E-state index contributed by atoms with van der Waals surface area (Å²) in [6.45, 7) is 3.88. The van der Waals surface area contributed by atoms with Gasteiger partial charge in [0.2, 0.25) is 0 Å². The zero-order valence-corrected chi connectivity index (χ0v) is 13.0. The number of rotatable bonds is 6. The second-order valence-corrected chi connectivity index (χ2v) is 5.83. The summed E-state index contributed by atoms with van der Waals surface area (Å²) in [5.41, 5.74) is 0.206. The van der Waals surface area contributed by atoms with E-state index in [2.05, 4.69) is 25.8 Å². The molecule has 0 aliphatic rings. The number of H-pyrrole nitrogens is 1. The molecule has 2 rings (SSSR count). The molecule has 8 heteroatoms. The van der Waals surface area contributed by atoms with Crippen molar-refractivity contribution in [3.63, 3.8) is 0 Å². The minimum absolute atomic E-state index is 0.0560. The first-order valence-electron chi connectivity index (χ1n) is 7.08. The second-order valence-electron chi connectivity index (χ2n) is 5.83. The van der Waals surface area contributed by atoms with Crippen molar-refractivity contribution >= 4 is 17.5 Å². The Morgan fingerprint density at radius 2 is 2.09 bits per heavy atom. The van der Waals surface area contributed by atoms with Gasteiger partial charge in [0.1, 0.15) is 11.4 Å². The molecule has 0 spiro atoms. The number of amides is 2. The zero-order valence-electron chi connectivity index (χ0n) is 13.0. The molecule has 122 valence electrons. The number of hydrogen-bond acceptors (Lipinski definition) is 5. The maximum atomic E-state index is 12.2. The van der Waals surface area contributed by atoms with Gasteiger partial charge in [-0.3, -0.25) is 19.7 Å². The van der Waals surface area contributed by atoms with Crippen LogP contribution < -0.4 is 10.6 Å². The molecule has 2 heterocycles. The molecule has 23 heavy (non-hydrogen) atoms. The number of aromatic amines is 1. The number of carbonyl (C=O) groups excluding carboxylic acids is 2. The highest BCUT2D eigenvalue weighted by Crippen LogP contribution is 2.15. The fourth-order valence-corrected chi connectivity index (χ4v) is 1.70. The van der Waals surface area contributed by atoms with Crippen LogP contribution in [0.5, 0.6) is 0 Å². The van der Waals surface area contributed by atoms with Gasteiger partial charge in [0.15, 0.2) is 0 Å². The highest BCUT2D eigenvalue weighted by Gasteiger charge is 2.21. The molecule has 0 saturated carbocycles. The van der Waals surface area contributed by atoms with E-state index in [4.69, 9.17) is 0 Å². The Morgan fingerprint density at radius 1 is 1.30 bits per heavy atom. The second kappa shape index (κ2) is 7.01. The number of carbonyl (C=O) groups is 2. The van der Waals surface area contributed by atoms with E-state index in [-0.39, 0.29) is 30.2 Å². The first kappa shape index (κ1) is 16.6. The Hall–Kier alpha value is -2.74. The van der Waals surface area contributed by atoms with E-state index in [1.54, 1.807) is 18.2 Å². The first-order chi connectivity index (χ1) is 10.9. The number of hydrogen-bond donors (Lipinski definition) is 4. The van der Waals surface area contributed by atoms with Crippen molar-refractivity contribution in [1.29, 1.82) is 0 Å². The zero-order chi connectivity index (χ0) is 16.9. The van der Waals surface area contributed by atoms with Crippen LogP contribution in [0, 0.1) is 5.41 Å². The molecule has 0 radical (unpaired) electrons. The molecular weight excluding hydrogens is 298 g/mol. The number of pyridine rings is 1. The average Bonchev–Trinajstić information content (AvgIpc) is 3.01. The molecule has 2 aromatic heterocycles. The van der Waals surface area contributed by atoms with Crippen LogP contribution in [-0.2, 0) is 0 Å². The summed E-state index contributed by atoms with van der Waals surface area (Å²) in [4.78, 5) is 28.2. The molecule has 0 bridgehead atoms. The van der Waals surface area contributed by atoms with Gasteiger partial charge in [0.05, 0.1) is 11.9 Å². The molecule has 0 unspecified atom stereocenters. The smallest absolute Gasteiger partial charge is 0.274 e. The quantitative estimate of drug-likeness (QED) is 0.628. The number of nitrogens with zero attached hydrogens (tertiary/aromatic N) is 2. The third-order valence-electron chi connectivity index (χ3n) is 3.17. The summed E-state index contributed by atoms with van der Waals surface area (Å²) in [7, 11) is 0. The van der Waals surface area contributed by atoms with Crippen LogP contribution in [0.2, 0.25) is 0 Å². The fourth-order valence-electron chi connectivity index (χ4n) is 1.70. The molecular formula is C15H19N5O3. The lowest BCUT2D eigenvalue weighted by atomic mass is 9.95. The Kier molecular flexibility index (Phi) is 5.07. The van der Waals surface area contributed by atoms with Crippen molar-refractivity contribution < 1.29 is 14.7 Å². The SMILES string of the molecule is CC(C)(CO)CNC(=O)c1[nH]ncc1NC(=O)c1ccccn1. The number of nitrogens with one attached hydrogen (secondary N) is 3. The molecule has 0 aliphatic carbocycles. The predicted molar refractivity (Wildman–Crippen MR) is 84.0 cm³/mol. The molecule has 4 N–H and O–H groups in total. The van der Waals surface area contributed by atoms with Crippen molar-refractivity contribution in [1.82, 2.24) is 20.5 Å². The van der Waals surface area contributed by atoms with Crippen LogP contribution in [0.1, 0.15) is 34.8 Å². The van der Waals surface area contributed by atoms with Gasteiger partial charge in [-0.2, -0.15) is 5.10 Å². The largest absolute Gasteiger partial charge is 0.396 e. The Morgan fingerprint density at radius 3 is 2.74 bits per heavy atom. The molecule has 0 saturated heterocycles. The predicted octanol–water partition coefficient (Wildman–Crippen LogP) is 0.805. The Labute approximate surface area is 133 Å². The third-order valence-corrected chi connectivity index (χ3v) is 3.17. The summed E-state index contributed by atoms with van der Waals surface area (Å²) >= 11 is 0. The summed E-state index contributed by atoms with van der Waals surface area (Å²) in [5, 5.41) is 20.8. The maximum absolute atomic E-state index is 12.2. The molecule has 0 atom stereocenters. The van der Waals surface area contributed by atoms with E-state index in [1.165, 1.54) is 12.4 Å². The van der Waals surface area contributed by atoms with Gasteiger partial charge in [0.25, 0.3) is 11.8 Å². The highest BCUT2D eigenvalue weighted by molar-refractivity contribution is 6.07. The molecule has 8 nitrogen and oxygen atoms in total. The van der Waals surface area contributed by atoms with Gasteiger partial charge in [-0.25, -0.2) is 0 Å². The Bertz CT molecular complexity index is 681. The summed E-state index contributed by atoms with van der Waals surface area (Å²) in [5.74, 6) is -0.850. The monoisotopic (exact) mass is 317 g/mol. The minimum atomic E-state index is -0.437. The van der Waals surface area contributed by atoms with Gasteiger partial charge in [-0.1, -0.05) is 19.9 Å². The van der Waals surface area contributed by atoms with Crippen molar-refractivity contribution in [2.75, 3.05) is 18.5 Å². The summed E-state index contributed by atoms with van der Waals surface area (Å²) in [6, 6.07) is 4.97. The van der Waals surface area contributed by atoms with E-state index >= 15 is 0 Å². The molecule has 2 amide bonds. The molecule has 0 aromatic carbocycles. The van der Waals surface area contributed by atoms with E-state index < -0.39 is 17.2 Å². The van der Waals surface area contributed by atoms with Gasteiger partial charge >= 0.3 is 0 Å². The van der Waals surface area contributed by atoms with Crippen LogP contribution in [-0.4, -0.2) is 45.3 Å². The Balaban J connectivity index is 2.05. The lowest BCUT2D eigenvalue weighted by molar-refractivity contribution is 0.0907. The lowest BCUT2D eigenvalue weighted by Gasteiger charge is -2.21. The van der Waals surface area contributed by atoms with E-state index in [1.807, 2.05) is 13.8 Å². The van der Waals surface area contributed by atoms with Crippen LogP contribution in [0.3, 0.4) is 0 Å². The van der Waals surface area contributed by atoms with Crippen molar-refractivity contribution in [3.05, 3.63) is 42.0 Å². The fraction of sp³-hybridized carbons (Fsp3) is 0.333. The van der Waals surface area contributed by atoms with Crippen LogP contribution in [0.15, 0.2) is 30.6 Å². The topological polar surface area (TPSA) is 120 Å². The van der Waals surface area contributed by atoms with E-state index in [0.717, 1.165) is 0 Å². The van der Waals surface area contributed by atoms with Crippen LogP contribution in [0.4, 0.5) is 5.69 Å². The standard InChI is InChI=1S/C15H19N5O3/c1-15(2,9-21)8-17-14(23)12-11(7-18-20-12)19-13(22)10-5-3-4-6-16-10/h3-7,21H,8-9H2,1-2H3,(H,17,23)(H,18,20)(H,19,22). The number of aliphatic hydroxyl groups is 1. The highest BCUT2D eigenvalue weighted by atomic mass is 16.3. The van der Waals surface area contributed by atoms with E-state index in [9.17, 15) is 14.7 Å². The number of anilines is 1. The first-order valence-corrected chi connectivity index (χ1v) is 7.08. The van der Waals surface area contributed by atoms with Crippen LogP contribution >= 0.6 is 0 Å². The third kappa shape index (κ3) is 4.36. The van der Waals surface area contributed by atoms with Crippen molar-refractivity contribution in [2.24, 2.45) is 5.41 Å².